The van der Waals surface area contributed by atoms with Crippen LogP contribution in [-0.4, -0.2) is 31.9 Å². The summed E-state index contributed by atoms with van der Waals surface area (Å²) >= 11 is 0. The van der Waals surface area contributed by atoms with Gasteiger partial charge in [0.1, 0.15) is 11.9 Å². The van der Waals surface area contributed by atoms with E-state index < -0.39 is 0 Å². The van der Waals surface area contributed by atoms with Crippen molar-refractivity contribution in [3.05, 3.63) is 23.8 Å². The van der Waals surface area contributed by atoms with E-state index in [4.69, 9.17) is 15.2 Å². The zero-order valence-corrected chi connectivity index (χ0v) is 9.39. The van der Waals surface area contributed by atoms with Crippen LogP contribution in [-0.2, 0) is 11.2 Å². The maximum Gasteiger partial charge on any atom is 0.414 e. The van der Waals surface area contributed by atoms with Gasteiger partial charge in [-0.2, -0.15) is 0 Å². The maximum absolute atomic E-state index is 11.7. The van der Waals surface area contributed by atoms with Gasteiger partial charge in [0.25, 0.3) is 0 Å². The molecule has 1 amide bonds. The number of carbonyl (C=O) groups excluding carboxylic acids is 1. The van der Waals surface area contributed by atoms with Gasteiger partial charge in [-0.3, -0.25) is 4.90 Å². The lowest BCUT2D eigenvalue weighted by molar-refractivity contribution is 0.145. The van der Waals surface area contributed by atoms with E-state index in [9.17, 15) is 4.79 Å². The predicted molar refractivity (Wildman–Crippen MR) is 62.3 cm³/mol. The van der Waals surface area contributed by atoms with Crippen LogP contribution in [0.25, 0.3) is 0 Å². The minimum absolute atomic E-state index is 0.202. The van der Waals surface area contributed by atoms with Gasteiger partial charge in [0.2, 0.25) is 0 Å². The summed E-state index contributed by atoms with van der Waals surface area (Å²) in [5.41, 5.74) is 7.50. The second-order valence-electron chi connectivity index (χ2n) is 4.24. The number of cyclic esters (lactones) is 1. The van der Waals surface area contributed by atoms with Crippen molar-refractivity contribution in [2.45, 2.75) is 12.5 Å². The maximum atomic E-state index is 11.7. The highest BCUT2D eigenvalue weighted by Gasteiger charge is 2.31. The number of fused-ring (bicyclic) bond motifs is 1. The molecule has 5 nitrogen and oxygen atoms in total. The monoisotopic (exact) mass is 234 g/mol. The van der Waals surface area contributed by atoms with Crippen molar-refractivity contribution in [1.82, 2.24) is 0 Å². The molecule has 2 heterocycles. The Morgan fingerprint density at radius 1 is 1.47 bits per heavy atom. The minimum Gasteiger partial charge on any atom is -0.493 e. The Kier molecular flexibility index (Phi) is 2.40. The fourth-order valence-electron chi connectivity index (χ4n) is 2.20. The number of benzene rings is 1. The summed E-state index contributed by atoms with van der Waals surface area (Å²) in [4.78, 5) is 13.3. The number of ether oxygens (including phenoxy) is 2. The SMILES string of the molecule is NCC1CN(c2ccc3c(c2)CCO3)C(=O)O1. The summed E-state index contributed by atoms with van der Waals surface area (Å²) in [6, 6.07) is 5.77. The van der Waals surface area contributed by atoms with Crippen molar-refractivity contribution in [2.24, 2.45) is 5.73 Å². The first-order chi connectivity index (χ1) is 8.28. The molecule has 0 radical (unpaired) electrons. The lowest BCUT2D eigenvalue weighted by atomic mass is 10.1. The molecule has 5 heteroatoms. The third-order valence-corrected chi connectivity index (χ3v) is 3.12. The number of anilines is 1. The van der Waals surface area contributed by atoms with Crippen molar-refractivity contribution >= 4 is 11.8 Å². The molecule has 1 fully saturated rings. The molecular formula is C12H14N2O3. The van der Waals surface area contributed by atoms with Gasteiger partial charge in [0.05, 0.1) is 13.2 Å². The normalized spacial score (nSPS) is 22.3. The first-order valence-electron chi connectivity index (χ1n) is 5.72. The third-order valence-electron chi connectivity index (χ3n) is 3.12. The molecule has 90 valence electrons. The Morgan fingerprint density at radius 2 is 2.35 bits per heavy atom. The van der Waals surface area contributed by atoms with E-state index in [1.54, 1.807) is 4.90 Å². The molecule has 1 atom stereocenters. The molecule has 17 heavy (non-hydrogen) atoms. The van der Waals surface area contributed by atoms with E-state index in [0.717, 1.165) is 23.4 Å². The highest BCUT2D eigenvalue weighted by atomic mass is 16.6. The molecule has 1 saturated heterocycles. The zero-order valence-electron chi connectivity index (χ0n) is 9.39. The average molecular weight is 234 g/mol. The molecule has 3 rings (SSSR count). The minimum atomic E-state index is -0.320. The topological polar surface area (TPSA) is 64.8 Å². The summed E-state index contributed by atoms with van der Waals surface area (Å²) in [5.74, 6) is 0.914. The predicted octanol–water partition coefficient (Wildman–Crippen LogP) is 0.905. The molecule has 1 unspecified atom stereocenters. The summed E-state index contributed by atoms with van der Waals surface area (Å²) in [5, 5.41) is 0. The fraction of sp³-hybridized carbons (Fsp3) is 0.417. The van der Waals surface area contributed by atoms with Crippen molar-refractivity contribution in [3.8, 4) is 5.75 Å². The molecule has 2 aliphatic heterocycles. The van der Waals surface area contributed by atoms with Gasteiger partial charge in [0.15, 0.2) is 0 Å². The van der Waals surface area contributed by atoms with Gasteiger partial charge >= 0.3 is 6.09 Å². The van der Waals surface area contributed by atoms with Crippen LogP contribution < -0.4 is 15.4 Å². The lowest BCUT2D eigenvalue weighted by Gasteiger charge is -2.13. The van der Waals surface area contributed by atoms with E-state index in [1.807, 2.05) is 18.2 Å². The van der Waals surface area contributed by atoms with E-state index in [1.165, 1.54) is 0 Å². The van der Waals surface area contributed by atoms with E-state index >= 15 is 0 Å². The van der Waals surface area contributed by atoms with Gasteiger partial charge in [-0.25, -0.2) is 4.79 Å². The van der Waals surface area contributed by atoms with Gasteiger partial charge < -0.3 is 15.2 Å². The first-order valence-corrected chi connectivity index (χ1v) is 5.72. The molecule has 0 bridgehead atoms. The van der Waals surface area contributed by atoms with Crippen molar-refractivity contribution < 1.29 is 14.3 Å². The van der Waals surface area contributed by atoms with Gasteiger partial charge in [0, 0.05) is 18.7 Å². The second kappa shape index (κ2) is 3.92. The number of hydrogen-bond acceptors (Lipinski definition) is 4. The number of nitrogens with two attached hydrogens (primary N) is 1. The Morgan fingerprint density at radius 3 is 3.12 bits per heavy atom. The third kappa shape index (κ3) is 1.72. The zero-order chi connectivity index (χ0) is 11.8. The number of amides is 1. The molecule has 1 aromatic carbocycles. The van der Waals surface area contributed by atoms with Crippen molar-refractivity contribution in [3.63, 3.8) is 0 Å². The molecule has 2 N–H and O–H groups in total. The molecule has 0 spiro atoms. The Bertz CT molecular complexity index is 461. The molecular weight excluding hydrogens is 220 g/mol. The Labute approximate surface area is 99.1 Å². The van der Waals surface area contributed by atoms with Crippen LogP contribution in [0.15, 0.2) is 18.2 Å². The van der Waals surface area contributed by atoms with Crippen LogP contribution >= 0.6 is 0 Å². The lowest BCUT2D eigenvalue weighted by Crippen LogP contribution is -2.27. The largest absolute Gasteiger partial charge is 0.493 e. The van der Waals surface area contributed by atoms with Crippen LogP contribution in [0.2, 0.25) is 0 Å². The van der Waals surface area contributed by atoms with Crippen LogP contribution in [0.3, 0.4) is 0 Å². The molecule has 0 aromatic heterocycles. The summed E-state index contributed by atoms with van der Waals surface area (Å²) in [6.45, 7) is 1.60. The summed E-state index contributed by atoms with van der Waals surface area (Å²) in [7, 11) is 0. The Balaban J connectivity index is 1.87. The van der Waals surface area contributed by atoms with Crippen LogP contribution in [0.1, 0.15) is 5.56 Å². The first kappa shape index (κ1) is 10.4. The average Bonchev–Trinajstić information content (AvgIpc) is 2.93. The summed E-state index contributed by atoms with van der Waals surface area (Å²) in [6.07, 6.45) is 0.373. The van der Waals surface area contributed by atoms with Gasteiger partial charge in [-0.05, 0) is 23.8 Å². The standard InChI is InChI=1S/C12H14N2O3/c13-6-10-7-14(12(15)17-10)9-1-2-11-8(5-9)3-4-16-11/h1-2,5,10H,3-4,6-7,13H2. The molecule has 0 saturated carbocycles. The number of hydrogen-bond donors (Lipinski definition) is 1. The van der Waals surface area contributed by atoms with E-state index in [2.05, 4.69) is 0 Å². The summed E-state index contributed by atoms with van der Waals surface area (Å²) < 4.78 is 10.6. The van der Waals surface area contributed by atoms with E-state index in [0.29, 0.717) is 19.7 Å². The van der Waals surface area contributed by atoms with Crippen LogP contribution in [0.5, 0.6) is 5.75 Å². The van der Waals surface area contributed by atoms with Gasteiger partial charge in [-0.1, -0.05) is 0 Å². The van der Waals surface area contributed by atoms with E-state index in [-0.39, 0.29) is 12.2 Å². The van der Waals surface area contributed by atoms with Gasteiger partial charge in [-0.15, -0.1) is 0 Å². The number of carbonyl (C=O) groups is 1. The highest BCUT2D eigenvalue weighted by Crippen LogP contribution is 2.31. The quantitative estimate of drug-likeness (QED) is 0.826. The Hall–Kier alpha value is -1.75. The molecule has 0 aliphatic carbocycles. The second-order valence-corrected chi connectivity index (χ2v) is 4.24. The number of rotatable bonds is 2. The van der Waals surface area contributed by atoms with Crippen LogP contribution in [0.4, 0.5) is 10.5 Å². The van der Waals surface area contributed by atoms with Crippen molar-refractivity contribution in [1.29, 1.82) is 0 Å². The smallest absolute Gasteiger partial charge is 0.414 e. The molecule has 2 aliphatic rings. The highest BCUT2D eigenvalue weighted by molar-refractivity contribution is 5.90. The fourth-order valence-corrected chi connectivity index (χ4v) is 2.20. The molecule has 1 aromatic rings. The van der Waals surface area contributed by atoms with Crippen LogP contribution in [0, 0.1) is 0 Å². The van der Waals surface area contributed by atoms with Crippen molar-refractivity contribution in [2.75, 3.05) is 24.6 Å². The number of nitrogens with zero attached hydrogens (tertiary/aromatic N) is 1.